The van der Waals surface area contributed by atoms with Gasteiger partial charge in [-0.3, -0.25) is 4.79 Å². The molecular formula is C18H19ClFNO2. The summed E-state index contributed by atoms with van der Waals surface area (Å²) < 4.78 is 19.4. The summed E-state index contributed by atoms with van der Waals surface area (Å²) in [6, 6.07) is 12.1. The topological polar surface area (TPSA) is 38.3 Å². The van der Waals surface area contributed by atoms with Gasteiger partial charge in [0.2, 0.25) is 0 Å². The Hall–Kier alpha value is -2.07. The number of anilines is 1. The second-order valence-electron chi connectivity index (χ2n) is 5.29. The molecule has 1 unspecified atom stereocenters. The molecule has 122 valence electrons. The van der Waals surface area contributed by atoms with Crippen LogP contribution in [0.1, 0.15) is 31.7 Å². The zero-order valence-corrected chi connectivity index (χ0v) is 13.9. The van der Waals surface area contributed by atoms with Crippen molar-refractivity contribution in [1.82, 2.24) is 0 Å². The average molecular weight is 336 g/mol. The number of amides is 1. The van der Waals surface area contributed by atoms with Gasteiger partial charge < -0.3 is 10.1 Å². The third-order valence-electron chi connectivity index (χ3n) is 3.65. The Kier molecular flexibility index (Phi) is 5.99. The van der Waals surface area contributed by atoms with Gasteiger partial charge in [-0.2, -0.15) is 0 Å². The minimum Gasteiger partial charge on any atom is -0.483 e. The van der Waals surface area contributed by atoms with E-state index in [1.807, 2.05) is 24.3 Å². The van der Waals surface area contributed by atoms with E-state index in [1.165, 1.54) is 12.1 Å². The first-order valence-electron chi connectivity index (χ1n) is 7.48. The van der Waals surface area contributed by atoms with Gasteiger partial charge in [-0.25, -0.2) is 4.39 Å². The number of halogens is 2. The van der Waals surface area contributed by atoms with Gasteiger partial charge in [0.25, 0.3) is 5.91 Å². The predicted octanol–water partition coefficient (Wildman–Crippen LogP) is 5.01. The smallest absolute Gasteiger partial charge is 0.262 e. The Bertz CT molecular complexity index is 690. The molecule has 1 atom stereocenters. The molecule has 0 heterocycles. The Morgan fingerprint density at radius 1 is 1.26 bits per heavy atom. The van der Waals surface area contributed by atoms with E-state index in [-0.39, 0.29) is 17.3 Å². The molecule has 3 nitrogen and oxygen atoms in total. The van der Waals surface area contributed by atoms with Crippen LogP contribution in [-0.4, -0.2) is 12.5 Å². The molecule has 0 aliphatic rings. The summed E-state index contributed by atoms with van der Waals surface area (Å²) in [5.41, 5.74) is 1.10. The molecule has 2 aromatic rings. The van der Waals surface area contributed by atoms with Crippen LogP contribution in [0.2, 0.25) is 5.02 Å². The SMILES string of the molecule is CCC(C)c1ccccc1OCC(=O)Nc1cccc(Cl)c1F. The molecule has 0 saturated carbocycles. The summed E-state index contributed by atoms with van der Waals surface area (Å²) in [4.78, 5) is 12.0. The highest BCUT2D eigenvalue weighted by molar-refractivity contribution is 6.31. The van der Waals surface area contributed by atoms with Crippen LogP contribution < -0.4 is 10.1 Å². The highest BCUT2D eigenvalue weighted by atomic mass is 35.5. The first kappa shape index (κ1) is 17.3. The first-order chi connectivity index (χ1) is 11.0. The zero-order valence-electron chi connectivity index (χ0n) is 13.1. The van der Waals surface area contributed by atoms with Crippen molar-refractivity contribution in [3.05, 3.63) is 58.9 Å². The van der Waals surface area contributed by atoms with E-state index in [9.17, 15) is 9.18 Å². The van der Waals surface area contributed by atoms with Crippen LogP contribution in [0.3, 0.4) is 0 Å². The van der Waals surface area contributed by atoms with Crippen LogP contribution in [0.4, 0.5) is 10.1 Å². The molecule has 1 N–H and O–H groups in total. The van der Waals surface area contributed by atoms with E-state index in [0.717, 1.165) is 12.0 Å². The van der Waals surface area contributed by atoms with Gasteiger partial charge in [-0.05, 0) is 36.1 Å². The predicted molar refractivity (Wildman–Crippen MR) is 90.7 cm³/mol. The lowest BCUT2D eigenvalue weighted by atomic mass is 9.98. The molecule has 0 aliphatic carbocycles. The molecule has 0 saturated heterocycles. The van der Waals surface area contributed by atoms with Gasteiger partial charge in [0.1, 0.15) is 5.75 Å². The minimum atomic E-state index is -0.650. The van der Waals surface area contributed by atoms with Crippen molar-refractivity contribution in [2.75, 3.05) is 11.9 Å². The van der Waals surface area contributed by atoms with Gasteiger partial charge in [0.15, 0.2) is 12.4 Å². The van der Waals surface area contributed by atoms with E-state index >= 15 is 0 Å². The van der Waals surface area contributed by atoms with Crippen LogP contribution in [0.5, 0.6) is 5.75 Å². The summed E-state index contributed by atoms with van der Waals surface area (Å²) in [6.45, 7) is 4.00. The van der Waals surface area contributed by atoms with Crippen molar-refractivity contribution in [3.8, 4) is 5.75 Å². The number of hydrogen-bond donors (Lipinski definition) is 1. The quantitative estimate of drug-likeness (QED) is 0.805. The molecule has 2 rings (SSSR count). The molecule has 23 heavy (non-hydrogen) atoms. The van der Waals surface area contributed by atoms with Crippen molar-refractivity contribution in [2.24, 2.45) is 0 Å². The van der Waals surface area contributed by atoms with Crippen molar-refractivity contribution < 1.29 is 13.9 Å². The Morgan fingerprint density at radius 3 is 2.74 bits per heavy atom. The van der Waals surface area contributed by atoms with E-state index < -0.39 is 11.7 Å². The van der Waals surface area contributed by atoms with Crippen molar-refractivity contribution in [3.63, 3.8) is 0 Å². The average Bonchev–Trinajstić information content (AvgIpc) is 2.56. The van der Waals surface area contributed by atoms with Crippen LogP contribution in [0, 0.1) is 5.82 Å². The van der Waals surface area contributed by atoms with Crippen LogP contribution in [0.25, 0.3) is 0 Å². The van der Waals surface area contributed by atoms with Crippen molar-refractivity contribution in [1.29, 1.82) is 0 Å². The molecule has 0 spiro atoms. The van der Waals surface area contributed by atoms with Crippen LogP contribution in [-0.2, 0) is 4.79 Å². The normalized spacial score (nSPS) is 11.8. The fraction of sp³-hybridized carbons (Fsp3) is 0.278. The molecule has 0 bridgehead atoms. The number of rotatable bonds is 6. The van der Waals surface area contributed by atoms with Crippen molar-refractivity contribution in [2.45, 2.75) is 26.2 Å². The number of ether oxygens (including phenoxy) is 1. The van der Waals surface area contributed by atoms with Gasteiger partial charge in [0.05, 0.1) is 10.7 Å². The molecule has 1 amide bonds. The number of carbonyl (C=O) groups is 1. The Labute approximate surface area is 140 Å². The summed E-state index contributed by atoms with van der Waals surface area (Å²) in [5, 5.41) is 2.42. The number of para-hydroxylation sites is 1. The third-order valence-corrected chi connectivity index (χ3v) is 3.94. The van der Waals surface area contributed by atoms with Gasteiger partial charge >= 0.3 is 0 Å². The van der Waals surface area contributed by atoms with Crippen molar-refractivity contribution >= 4 is 23.2 Å². The molecule has 5 heteroatoms. The molecule has 0 radical (unpaired) electrons. The molecule has 0 aromatic heterocycles. The fourth-order valence-corrected chi connectivity index (χ4v) is 2.34. The van der Waals surface area contributed by atoms with Crippen LogP contribution in [0.15, 0.2) is 42.5 Å². The standard InChI is InChI=1S/C18H19ClFNO2/c1-3-12(2)13-7-4-5-10-16(13)23-11-17(22)21-15-9-6-8-14(19)18(15)20/h4-10,12H,3,11H2,1-2H3,(H,21,22). The lowest BCUT2D eigenvalue weighted by molar-refractivity contribution is -0.118. The molecule has 2 aromatic carbocycles. The zero-order chi connectivity index (χ0) is 16.8. The number of hydrogen-bond acceptors (Lipinski definition) is 2. The summed E-state index contributed by atoms with van der Waals surface area (Å²) in [6.07, 6.45) is 0.973. The second kappa shape index (κ2) is 7.97. The maximum atomic E-state index is 13.8. The number of carbonyl (C=O) groups excluding carboxylic acids is 1. The molecular weight excluding hydrogens is 317 g/mol. The summed E-state index contributed by atoms with van der Waals surface area (Å²) >= 11 is 5.68. The summed E-state index contributed by atoms with van der Waals surface area (Å²) in [5.74, 6) is -0.0872. The summed E-state index contributed by atoms with van der Waals surface area (Å²) in [7, 11) is 0. The minimum absolute atomic E-state index is 0.0363. The number of nitrogens with one attached hydrogen (secondary N) is 1. The maximum absolute atomic E-state index is 13.8. The van der Waals surface area contributed by atoms with Crippen LogP contribution >= 0.6 is 11.6 Å². The second-order valence-corrected chi connectivity index (χ2v) is 5.69. The highest BCUT2D eigenvalue weighted by Gasteiger charge is 2.13. The molecule has 0 fully saturated rings. The Balaban J connectivity index is 2.01. The Morgan fingerprint density at radius 2 is 2.00 bits per heavy atom. The number of benzene rings is 2. The fourth-order valence-electron chi connectivity index (χ4n) is 2.17. The third kappa shape index (κ3) is 4.45. The molecule has 0 aliphatic heterocycles. The first-order valence-corrected chi connectivity index (χ1v) is 7.86. The lowest BCUT2D eigenvalue weighted by Crippen LogP contribution is -2.21. The maximum Gasteiger partial charge on any atom is 0.262 e. The largest absolute Gasteiger partial charge is 0.483 e. The van der Waals surface area contributed by atoms with Gasteiger partial charge in [-0.15, -0.1) is 0 Å². The van der Waals surface area contributed by atoms with Gasteiger partial charge in [-0.1, -0.05) is 49.7 Å². The van der Waals surface area contributed by atoms with E-state index in [1.54, 1.807) is 6.07 Å². The van der Waals surface area contributed by atoms with E-state index in [0.29, 0.717) is 11.7 Å². The van der Waals surface area contributed by atoms with Gasteiger partial charge in [0, 0.05) is 0 Å². The highest BCUT2D eigenvalue weighted by Crippen LogP contribution is 2.28. The lowest BCUT2D eigenvalue weighted by Gasteiger charge is -2.15. The van der Waals surface area contributed by atoms with E-state index in [4.69, 9.17) is 16.3 Å². The monoisotopic (exact) mass is 335 g/mol. The van der Waals surface area contributed by atoms with E-state index in [2.05, 4.69) is 19.2 Å².